The summed E-state index contributed by atoms with van der Waals surface area (Å²) >= 11 is 0. The first-order valence-corrected chi connectivity index (χ1v) is 35.0. The first kappa shape index (κ1) is 60.4. The minimum atomic E-state index is -0.152. The minimum absolute atomic E-state index is 0.0198. The Morgan fingerprint density at radius 3 is 1.99 bits per heavy atom. The summed E-state index contributed by atoms with van der Waals surface area (Å²) in [5.41, 5.74) is 31.5. The molecule has 3 unspecified atom stereocenters. The Kier molecular flexibility index (Phi) is 14.5. The van der Waals surface area contributed by atoms with Gasteiger partial charge < -0.3 is 18.3 Å². The van der Waals surface area contributed by atoms with Crippen LogP contribution >= 0.6 is 0 Å². The van der Waals surface area contributed by atoms with Gasteiger partial charge >= 0.3 is 0 Å². The zero-order chi connectivity index (χ0) is 68.1. The molecule has 0 spiro atoms. The molecule has 6 aliphatic rings. The molecule has 12 aromatic rings. The number of para-hydroxylation sites is 1. The van der Waals surface area contributed by atoms with Gasteiger partial charge in [0, 0.05) is 85.3 Å². The average molecular weight is 1300 g/mol. The number of aryl methyl sites for hydroxylation is 1. The second-order valence-electron chi connectivity index (χ2n) is 27.6. The molecule has 101 heavy (non-hydrogen) atoms. The van der Waals surface area contributed by atoms with Crippen LogP contribution in [0.25, 0.3) is 125 Å². The molecule has 0 bridgehead atoms. The second kappa shape index (κ2) is 24.2. The summed E-state index contributed by atoms with van der Waals surface area (Å²) in [5.74, 6) is -0.257. The zero-order valence-corrected chi connectivity index (χ0v) is 56.0. The Labute approximate surface area is 586 Å². The summed E-state index contributed by atoms with van der Waals surface area (Å²) in [6.45, 7) is 4.48. The number of allylic oxidation sites excluding steroid dienone is 11. The molecule has 0 saturated carbocycles. The van der Waals surface area contributed by atoms with Gasteiger partial charge in [-0.2, -0.15) is 26.3 Å². The standard InChI is InChI=1S/C92H65N9/c1-56-28-36-90-78(40-56)81-49-63(15-12-27-87(81)99(90)82-26-13-21-70(57(82)2)67-41-61(54-96)42-68(46-67)77-43-58(51-93)29-37-88(77)100-84-23-8-3-17-71(84)72-18-4-9-24-85(72)100)65-34-35-75-73-19-5-10-25-86(73)101(92(75)50-65)91-39-31-60(53-95)45-80(91)76-48-64(32-33-66(76)55-97)62-14-11-16-69(47-62)98-83-22-7-6-20-74(83)79-44-59(52-94)30-38-89(79)98/h3,5,7,9-17,19,21-22,24-43,45-48,50,57,59,70H,4,6,8,18,20,23,44,49H2,1-2H3. The summed E-state index contributed by atoms with van der Waals surface area (Å²) in [6, 6.07) is 67.4. The summed E-state index contributed by atoms with van der Waals surface area (Å²) < 4.78 is 9.55. The van der Waals surface area contributed by atoms with Crippen LogP contribution in [0.1, 0.15) is 127 Å². The van der Waals surface area contributed by atoms with Crippen molar-refractivity contribution in [1.82, 2.24) is 18.3 Å². The van der Waals surface area contributed by atoms with Crippen LogP contribution in [0.2, 0.25) is 0 Å². The van der Waals surface area contributed by atoms with Crippen LogP contribution in [-0.2, 0) is 32.1 Å². The van der Waals surface area contributed by atoms with E-state index in [1.165, 1.54) is 50.2 Å². The van der Waals surface area contributed by atoms with Gasteiger partial charge in [0.05, 0.1) is 92.1 Å². The van der Waals surface area contributed by atoms with Gasteiger partial charge in [0.15, 0.2) is 0 Å². The minimum Gasteiger partial charge on any atom is -0.313 e. The molecule has 6 aliphatic carbocycles. The zero-order valence-electron chi connectivity index (χ0n) is 56.0. The van der Waals surface area contributed by atoms with E-state index in [4.69, 9.17) is 0 Å². The van der Waals surface area contributed by atoms with Crippen molar-refractivity contribution >= 4 is 74.4 Å². The van der Waals surface area contributed by atoms with Gasteiger partial charge in [0.2, 0.25) is 0 Å². The fourth-order valence-corrected chi connectivity index (χ4v) is 17.3. The van der Waals surface area contributed by atoms with E-state index in [9.17, 15) is 26.3 Å². The maximum absolute atomic E-state index is 11.0. The van der Waals surface area contributed by atoms with Crippen molar-refractivity contribution in [3.05, 3.63) is 308 Å². The molecule has 0 radical (unpaired) electrons. The van der Waals surface area contributed by atoms with E-state index in [1.807, 2.05) is 54.6 Å². The molecular weight excluding hydrogens is 1230 g/mol. The number of aromatic nitrogens is 4. The predicted molar refractivity (Wildman–Crippen MR) is 408 cm³/mol. The summed E-state index contributed by atoms with van der Waals surface area (Å²) in [6.07, 6.45) is 38.4. The normalized spacial score (nSPS) is 16.8. The van der Waals surface area contributed by atoms with Gasteiger partial charge in [-0.1, -0.05) is 128 Å². The lowest BCUT2D eigenvalue weighted by atomic mass is 9.80. The number of hydrogen-bond donors (Lipinski definition) is 0. The molecule has 0 aliphatic heterocycles. The van der Waals surface area contributed by atoms with Crippen LogP contribution in [0, 0.1) is 75.4 Å². The smallest absolute Gasteiger partial charge is 0.0998 e. The molecule has 0 fully saturated rings. The highest BCUT2D eigenvalue weighted by Crippen LogP contribution is 2.48. The molecular formula is C92H65N9. The third-order valence-electron chi connectivity index (χ3n) is 22.0. The Hall–Kier alpha value is -13.0. The van der Waals surface area contributed by atoms with Crippen molar-refractivity contribution in [3.63, 3.8) is 0 Å². The van der Waals surface area contributed by atoms with E-state index < -0.39 is 0 Å². The van der Waals surface area contributed by atoms with Crippen molar-refractivity contribution in [2.75, 3.05) is 0 Å². The third-order valence-corrected chi connectivity index (χ3v) is 22.0. The van der Waals surface area contributed by atoms with Crippen LogP contribution in [0.5, 0.6) is 0 Å². The topological polar surface area (TPSA) is 139 Å². The highest BCUT2D eigenvalue weighted by atomic mass is 15.0. The first-order valence-electron chi connectivity index (χ1n) is 35.0. The maximum Gasteiger partial charge on any atom is 0.0998 e. The van der Waals surface area contributed by atoms with Crippen molar-refractivity contribution in [2.24, 2.45) is 11.8 Å². The molecule has 0 amide bonds. The lowest BCUT2D eigenvalue weighted by Gasteiger charge is -2.29. The molecule has 8 aromatic carbocycles. The highest BCUT2D eigenvalue weighted by Gasteiger charge is 2.32. The lowest BCUT2D eigenvalue weighted by molar-refractivity contribution is 0.628. The van der Waals surface area contributed by atoms with Crippen molar-refractivity contribution in [3.8, 4) is 80.8 Å². The Balaban J connectivity index is 0.710. The largest absolute Gasteiger partial charge is 0.313 e. The van der Waals surface area contributed by atoms with Crippen LogP contribution in [0.3, 0.4) is 0 Å². The molecule has 478 valence electrons. The number of nitriles is 5. The van der Waals surface area contributed by atoms with Crippen LogP contribution < -0.4 is 0 Å². The number of fused-ring (bicyclic) bond motifs is 12. The SMILES string of the molecule is Cc1ccc2c(c1)c1c(n2C2=CC=CC(c3cc(C#N)cc(-c4cc(C#N)ccc4-n4c5c(c6c4CCC=C6)CCC=C5)c3)C2C)C=CC=C(c2ccc3c4ccccc4n(-c4ccc(C#N)cc4-c4cc(-c5cccc(-n6c7c(c8c6C=CC(C#N)C8)CCC=C7)c5)ccc4C#N)c3c2)C1. The van der Waals surface area contributed by atoms with E-state index >= 15 is 0 Å². The Morgan fingerprint density at radius 2 is 1.17 bits per heavy atom. The van der Waals surface area contributed by atoms with E-state index in [-0.39, 0.29) is 17.8 Å². The van der Waals surface area contributed by atoms with Crippen LogP contribution in [0.15, 0.2) is 212 Å². The Morgan fingerprint density at radius 1 is 0.446 bits per heavy atom. The van der Waals surface area contributed by atoms with Gasteiger partial charge in [-0.15, -0.1) is 0 Å². The number of hydrogen-bond acceptors (Lipinski definition) is 5. The van der Waals surface area contributed by atoms with E-state index in [0.717, 1.165) is 156 Å². The molecule has 18 rings (SSSR count). The fourth-order valence-electron chi connectivity index (χ4n) is 17.3. The number of nitrogens with zero attached hydrogens (tertiary/aromatic N) is 9. The molecule has 4 aromatic heterocycles. The van der Waals surface area contributed by atoms with Crippen molar-refractivity contribution in [2.45, 2.75) is 71.1 Å². The molecule has 4 heterocycles. The predicted octanol–water partition coefficient (Wildman–Crippen LogP) is 21.2. The Bertz CT molecular complexity index is 6140. The third kappa shape index (κ3) is 9.83. The summed E-state index contributed by atoms with van der Waals surface area (Å²) in [4.78, 5) is 0. The van der Waals surface area contributed by atoms with Crippen molar-refractivity contribution in [1.29, 1.82) is 26.3 Å². The molecule has 9 nitrogen and oxygen atoms in total. The molecule has 3 atom stereocenters. The van der Waals surface area contributed by atoms with Gasteiger partial charge in [0.25, 0.3) is 0 Å². The first-order chi connectivity index (χ1) is 49.7. The molecule has 0 N–H and O–H groups in total. The molecule has 9 heteroatoms. The number of rotatable bonds is 9. The highest BCUT2D eigenvalue weighted by molar-refractivity contribution is 6.11. The maximum atomic E-state index is 11.0. The monoisotopic (exact) mass is 1300 g/mol. The van der Waals surface area contributed by atoms with E-state index in [1.54, 1.807) is 0 Å². The lowest BCUT2D eigenvalue weighted by Crippen LogP contribution is -2.17. The summed E-state index contributed by atoms with van der Waals surface area (Å²) in [7, 11) is 0. The van der Waals surface area contributed by atoms with Crippen LogP contribution in [0.4, 0.5) is 0 Å². The second-order valence-corrected chi connectivity index (χ2v) is 27.6. The van der Waals surface area contributed by atoms with Crippen molar-refractivity contribution < 1.29 is 0 Å². The van der Waals surface area contributed by atoms with Gasteiger partial charge in [-0.05, 0) is 241 Å². The van der Waals surface area contributed by atoms with Gasteiger partial charge in [0.1, 0.15) is 0 Å². The fraction of sp³-hybridized carbons (Fsp3) is 0.141. The quantitative estimate of drug-likeness (QED) is 0.142. The number of benzene rings is 8. The van der Waals surface area contributed by atoms with Gasteiger partial charge in [-0.3, -0.25) is 0 Å². The van der Waals surface area contributed by atoms with E-state index in [0.29, 0.717) is 35.1 Å². The van der Waals surface area contributed by atoms with E-state index in [2.05, 4.69) is 251 Å². The average Bonchev–Trinajstić information content (AvgIpc) is 1.61. The molecule has 0 saturated heterocycles. The van der Waals surface area contributed by atoms with Crippen LogP contribution in [-0.4, -0.2) is 18.3 Å². The van der Waals surface area contributed by atoms with Gasteiger partial charge in [-0.25, -0.2) is 0 Å². The summed E-state index contributed by atoms with van der Waals surface area (Å²) in [5, 5.41) is 56.2.